The van der Waals surface area contributed by atoms with Gasteiger partial charge in [0.1, 0.15) is 6.61 Å². The Bertz CT molecular complexity index is 436. The molecule has 6 nitrogen and oxygen atoms in total. The van der Waals surface area contributed by atoms with Gasteiger partial charge in [-0.15, -0.1) is 0 Å². The lowest BCUT2D eigenvalue weighted by Gasteiger charge is -2.08. The van der Waals surface area contributed by atoms with E-state index in [-0.39, 0.29) is 24.2 Å². The van der Waals surface area contributed by atoms with E-state index in [1.54, 1.807) is 12.1 Å². The molecule has 1 saturated heterocycles. The molecule has 6 heteroatoms. The van der Waals surface area contributed by atoms with Crippen molar-refractivity contribution in [1.82, 2.24) is 0 Å². The van der Waals surface area contributed by atoms with Crippen LogP contribution < -0.4 is 0 Å². The summed E-state index contributed by atoms with van der Waals surface area (Å²) in [6.45, 7) is 1.14. The van der Waals surface area contributed by atoms with Crippen molar-refractivity contribution < 1.29 is 19.2 Å². The van der Waals surface area contributed by atoms with Gasteiger partial charge in [-0.05, 0) is 24.1 Å². The Hall–Kier alpha value is -1.95. The predicted octanol–water partition coefficient (Wildman–Crippen LogP) is 1.67. The van der Waals surface area contributed by atoms with Gasteiger partial charge >= 0.3 is 5.97 Å². The van der Waals surface area contributed by atoms with Crippen LogP contribution in [0.15, 0.2) is 24.3 Å². The Labute approximate surface area is 104 Å². The molecule has 1 unspecified atom stereocenters. The zero-order valence-electron chi connectivity index (χ0n) is 9.70. The van der Waals surface area contributed by atoms with E-state index in [9.17, 15) is 14.9 Å². The Morgan fingerprint density at radius 3 is 2.72 bits per heavy atom. The molecule has 1 heterocycles. The van der Waals surface area contributed by atoms with Crippen molar-refractivity contribution in [3.8, 4) is 0 Å². The lowest BCUT2D eigenvalue weighted by Crippen LogP contribution is -2.17. The van der Waals surface area contributed by atoms with Crippen molar-refractivity contribution in [2.45, 2.75) is 13.0 Å². The first-order valence-electron chi connectivity index (χ1n) is 5.64. The van der Waals surface area contributed by atoms with Crippen LogP contribution in [0, 0.1) is 16.0 Å². The van der Waals surface area contributed by atoms with Crippen LogP contribution in [0.4, 0.5) is 5.69 Å². The fraction of sp³-hybridized carbons (Fsp3) is 0.417. The minimum Gasteiger partial charge on any atom is -0.461 e. The molecule has 0 N–H and O–H groups in total. The third kappa shape index (κ3) is 3.04. The topological polar surface area (TPSA) is 78.7 Å². The predicted molar refractivity (Wildman–Crippen MR) is 61.8 cm³/mol. The zero-order valence-corrected chi connectivity index (χ0v) is 9.70. The van der Waals surface area contributed by atoms with Crippen molar-refractivity contribution in [2.75, 3.05) is 13.2 Å². The van der Waals surface area contributed by atoms with Gasteiger partial charge in [0.25, 0.3) is 5.69 Å². The van der Waals surface area contributed by atoms with E-state index in [4.69, 9.17) is 9.47 Å². The minimum atomic E-state index is -0.467. The Morgan fingerprint density at radius 1 is 1.44 bits per heavy atom. The van der Waals surface area contributed by atoms with Gasteiger partial charge in [0.05, 0.1) is 17.4 Å². The highest BCUT2D eigenvalue weighted by atomic mass is 16.6. The highest BCUT2D eigenvalue weighted by Gasteiger charge is 2.24. The number of non-ortho nitro benzene ring substituents is 1. The molecule has 1 aromatic rings. The molecule has 18 heavy (non-hydrogen) atoms. The average Bonchev–Trinajstić information content (AvgIpc) is 2.90. The van der Waals surface area contributed by atoms with Crippen LogP contribution in [-0.2, 0) is 20.9 Å². The number of carbonyl (C=O) groups is 1. The largest absolute Gasteiger partial charge is 0.461 e. The summed E-state index contributed by atoms with van der Waals surface area (Å²) in [5.41, 5.74) is 0.752. The maximum absolute atomic E-state index is 11.6. The van der Waals surface area contributed by atoms with Crippen molar-refractivity contribution in [2.24, 2.45) is 5.92 Å². The molecule has 1 aliphatic heterocycles. The van der Waals surface area contributed by atoms with Crippen molar-refractivity contribution in [3.05, 3.63) is 39.9 Å². The second-order valence-corrected chi connectivity index (χ2v) is 4.09. The van der Waals surface area contributed by atoms with Gasteiger partial charge in [-0.25, -0.2) is 0 Å². The molecule has 1 atom stereocenters. The highest BCUT2D eigenvalue weighted by molar-refractivity contribution is 5.72. The number of rotatable bonds is 4. The average molecular weight is 251 g/mol. The molecule has 0 bridgehead atoms. The van der Waals surface area contributed by atoms with Gasteiger partial charge in [0.2, 0.25) is 0 Å². The number of hydrogen-bond acceptors (Lipinski definition) is 5. The molecule has 1 aromatic carbocycles. The second-order valence-electron chi connectivity index (χ2n) is 4.09. The van der Waals surface area contributed by atoms with Gasteiger partial charge in [-0.1, -0.05) is 0 Å². The van der Waals surface area contributed by atoms with Crippen molar-refractivity contribution >= 4 is 11.7 Å². The lowest BCUT2D eigenvalue weighted by atomic mass is 10.1. The van der Waals surface area contributed by atoms with Gasteiger partial charge in [0, 0.05) is 18.7 Å². The fourth-order valence-corrected chi connectivity index (χ4v) is 1.71. The first kappa shape index (κ1) is 12.5. The molecule has 96 valence electrons. The molecule has 0 aliphatic carbocycles. The molecule has 0 amide bonds. The first-order valence-corrected chi connectivity index (χ1v) is 5.64. The summed E-state index contributed by atoms with van der Waals surface area (Å²) in [5.74, 6) is -0.450. The van der Waals surface area contributed by atoms with E-state index in [2.05, 4.69) is 0 Å². The van der Waals surface area contributed by atoms with Crippen LogP contribution in [0.2, 0.25) is 0 Å². The Balaban J connectivity index is 1.86. The zero-order chi connectivity index (χ0) is 13.0. The number of esters is 1. The molecule has 1 aliphatic rings. The number of nitrogens with zero attached hydrogens (tertiary/aromatic N) is 1. The summed E-state index contributed by atoms with van der Waals surface area (Å²) in [4.78, 5) is 21.6. The number of hydrogen-bond donors (Lipinski definition) is 0. The third-order valence-electron chi connectivity index (χ3n) is 2.79. The van der Waals surface area contributed by atoms with E-state index < -0.39 is 4.92 Å². The van der Waals surface area contributed by atoms with E-state index >= 15 is 0 Å². The van der Waals surface area contributed by atoms with Crippen LogP contribution in [0.1, 0.15) is 12.0 Å². The summed E-state index contributed by atoms with van der Waals surface area (Å²) in [5, 5.41) is 10.5. The molecule has 2 rings (SSSR count). The van der Waals surface area contributed by atoms with Crippen LogP contribution in [0.3, 0.4) is 0 Å². The summed E-state index contributed by atoms with van der Waals surface area (Å²) >= 11 is 0. The quantitative estimate of drug-likeness (QED) is 0.462. The molecule has 0 radical (unpaired) electrons. The van der Waals surface area contributed by atoms with Gasteiger partial charge in [-0.2, -0.15) is 0 Å². The van der Waals surface area contributed by atoms with Gasteiger partial charge in [-0.3, -0.25) is 14.9 Å². The smallest absolute Gasteiger partial charge is 0.311 e. The van der Waals surface area contributed by atoms with Crippen molar-refractivity contribution in [1.29, 1.82) is 0 Å². The number of carbonyl (C=O) groups excluding carboxylic acids is 1. The number of benzene rings is 1. The summed E-state index contributed by atoms with van der Waals surface area (Å²) < 4.78 is 10.2. The maximum atomic E-state index is 11.6. The molecule has 0 spiro atoms. The van der Waals surface area contributed by atoms with E-state index in [1.165, 1.54) is 12.1 Å². The standard InChI is InChI=1S/C12H13NO5/c14-12(10-5-6-17-8-10)18-7-9-1-3-11(4-2-9)13(15)16/h1-4,10H,5-8H2. The van der Waals surface area contributed by atoms with Gasteiger partial charge < -0.3 is 9.47 Å². The van der Waals surface area contributed by atoms with Crippen LogP contribution in [0.25, 0.3) is 0 Å². The Morgan fingerprint density at radius 2 is 2.17 bits per heavy atom. The molecule has 0 aromatic heterocycles. The van der Waals surface area contributed by atoms with Crippen LogP contribution in [0.5, 0.6) is 0 Å². The molecule has 0 saturated carbocycles. The summed E-state index contributed by atoms with van der Waals surface area (Å²) in [7, 11) is 0. The highest BCUT2D eigenvalue weighted by Crippen LogP contribution is 2.16. The minimum absolute atomic E-state index is 0.0225. The monoisotopic (exact) mass is 251 g/mol. The van der Waals surface area contributed by atoms with Crippen molar-refractivity contribution in [3.63, 3.8) is 0 Å². The molecular weight excluding hydrogens is 238 g/mol. The van der Waals surface area contributed by atoms with Crippen LogP contribution >= 0.6 is 0 Å². The van der Waals surface area contributed by atoms with E-state index in [0.717, 1.165) is 5.56 Å². The normalized spacial score (nSPS) is 18.6. The Kier molecular flexibility index (Phi) is 3.88. The SMILES string of the molecule is O=C(OCc1ccc([N+](=O)[O-])cc1)C1CCOC1. The van der Waals surface area contributed by atoms with Crippen LogP contribution in [-0.4, -0.2) is 24.1 Å². The second kappa shape index (κ2) is 5.59. The third-order valence-corrected chi connectivity index (χ3v) is 2.79. The first-order chi connectivity index (χ1) is 8.66. The number of ether oxygens (including phenoxy) is 2. The summed E-state index contributed by atoms with van der Waals surface area (Å²) in [6.07, 6.45) is 0.694. The number of nitro groups is 1. The fourth-order valence-electron chi connectivity index (χ4n) is 1.71. The van der Waals surface area contributed by atoms with Gasteiger partial charge in [0.15, 0.2) is 0 Å². The number of nitro benzene ring substituents is 1. The van der Waals surface area contributed by atoms with E-state index in [0.29, 0.717) is 19.6 Å². The van der Waals surface area contributed by atoms with E-state index in [1.807, 2.05) is 0 Å². The lowest BCUT2D eigenvalue weighted by molar-refractivity contribution is -0.384. The molecule has 1 fully saturated rings. The maximum Gasteiger partial charge on any atom is 0.311 e. The molecular formula is C12H13NO5. The summed E-state index contributed by atoms with van der Waals surface area (Å²) in [6, 6.07) is 5.94.